The Morgan fingerprint density at radius 3 is 2.81 bits per heavy atom. The minimum atomic E-state index is -4.60. The predicted octanol–water partition coefficient (Wildman–Crippen LogP) is 3.79. The summed E-state index contributed by atoms with van der Waals surface area (Å²) in [6.45, 7) is 2.54. The van der Waals surface area contributed by atoms with E-state index < -0.39 is 11.7 Å². The number of furan rings is 1. The molecule has 6 nitrogen and oxygen atoms in total. The normalized spacial score (nSPS) is 23.5. The second-order valence-corrected chi connectivity index (χ2v) is 8.23. The van der Waals surface area contributed by atoms with Crippen LogP contribution in [0.2, 0.25) is 0 Å². The minimum Gasteiger partial charge on any atom is -0.472 e. The zero-order chi connectivity index (χ0) is 22.2. The van der Waals surface area contributed by atoms with Gasteiger partial charge in [0.1, 0.15) is 6.26 Å². The zero-order valence-electron chi connectivity index (χ0n) is 17.0. The van der Waals surface area contributed by atoms with E-state index in [2.05, 4.69) is 0 Å². The number of carbonyl (C=O) groups excluding carboxylic acids is 1. The van der Waals surface area contributed by atoms with Crippen molar-refractivity contribution in [3.05, 3.63) is 53.5 Å². The molecule has 2 atom stereocenters. The molecule has 4 rings (SSSR count). The van der Waals surface area contributed by atoms with E-state index in [-0.39, 0.29) is 22.8 Å². The molecule has 9 heteroatoms. The van der Waals surface area contributed by atoms with Gasteiger partial charge in [0.2, 0.25) is 0 Å². The summed E-state index contributed by atoms with van der Waals surface area (Å²) >= 11 is 0. The van der Waals surface area contributed by atoms with Crippen LogP contribution in [0.5, 0.6) is 0 Å². The number of benzene rings is 1. The standard InChI is InChI=1S/C22H22F3N3O3/c1-30-14-21-5-6-27(18-3-2-15(9-26)19(8-18)22(23,24)25)10-17(21)11-28(13-21)20(29)16-4-7-31-12-16/h2-4,7-8,12,17H,5-6,10-11,13-14H2,1H3. The van der Waals surface area contributed by atoms with Crippen LogP contribution in [-0.2, 0) is 10.9 Å². The van der Waals surface area contributed by atoms with E-state index >= 15 is 0 Å². The Labute approximate surface area is 177 Å². The first-order valence-electron chi connectivity index (χ1n) is 9.94. The van der Waals surface area contributed by atoms with Gasteiger partial charge in [-0.05, 0) is 30.7 Å². The number of carbonyl (C=O) groups is 1. The molecule has 2 saturated heterocycles. The Kier molecular flexibility index (Phi) is 5.43. The summed E-state index contributed by atoms with van der Waals surface area (Å²) < 4.78 is 50.7. The number of halogens is 3. The molecule has 1 aromatic heterocycles. The van der Waals surface area contributed by atoms with Crippen molar-refractivity contribution in [2.45, 2.75) is 12.6 Å². The monoisotopic (exact) mass is 433 g/mol. The Balaban J connectivity index is 1.58. The van der Waals surface area contributed by atoms with Crippen LogP contribution >= 0.6 is 0 Å². The van der Waals surface area contributed by atoms with Gasteiger partial charge < -0.3 is 19.0 Å². The number of nitriles is 1. The number of likely N-dealkylation sites (tertiary alicyclic amines) is 1. The molecule has 1 aromatic carbocycles. The average molecular weight is 433 g/mol. The molecule has 0 spiro atoms. The quantitative estimate of drug-likeness (QED) is 0.734. The lowest BCUT2D eigenvalue weighted by molar-refractivity contribution is -0.137. The van der Waals surface area contributed by atoms with Gasteiger partial charge in [-0.25, -0.2) is 0 Å². The number of piperidine rings is 1. The second-order valence-electron chi connectivity index (χ2n) is 8.23. The van der Waals surface area contributed by atoms with Gasteiger partial charge in [-0.15, -0.1) is 0 Å². The molecule has 164 valence electrons. The van der Waals surface area contributed by atoms with Crippen LogP contribution in [0.3, 0.4) is 0 Å². The summed E-state index contributed by atoms with van der Waals surface area (Å²) in [4.78, 5) is 16.5. The molecule has 31 heavy (non-hydrogen) atoms. The van der Waals surface area contributed by atoms with E-state index in [0.29, 0.717) is 50.5 Å². The first kappa shape index (κ1) is 21.2. The van der Waals surface area contributed by atoms with E-state index in [4.69, 9.17) is 14.4 Å². The Hall–Kier alpha value is -2.99. The third-order valence-electron chi connectivity index (χ3n) is 6.41. The van der Waals surface area contributed by atoms with E-state index in [1.54, 1.807) is 30.2 Å². The molecule has 2 aliphatic rings. The third kappa shape index (κ3) is 3.88. The number of fused-ring (bicyclic) bond motifs is 1. The van der Waals surface area contributed by atoms with Crippen molar-refractivity contribution in [3.8, 4) is 6.07 Å². The number of amides is 1. The highest BCUT2D eigenvalue weighted by Crippen LogP contribution is 2.45. The first-order chi connectivity index (χ1) is 14.8. The lowest BCUT2D eigenvalue weighted by Crippen LogP contribution is -2.49. The van der Waals surface area contributed by atoms with Crippen molar-refractivity contribution in [3.63, 3.8) is 0 Å². The number of methoxy groups -OCH3 is 1. The number of alkyl halides is 3. The van der Waals surface area contributed by atoms with Gasteiger partial charge in [0, 0.05) is 50.3 Å². The maximum atomic E-state index is 13.4. The number of nitrogens with zero attached hydrogens (tertiary/aromatic N) is 3. The summed E-state index contributed by atoms with van der Waals surface area (Å²) in [5.41, 5.74) is -0.657. The highest BCUT2D eigenvalue weighted by Gasteiger charge is 2.51. The predicted molar refractivity (Wildman–Crippen MR) is 105 cm³/mol. The summed E-state index contributed by atoms with van der Waals surface area (Å²) in [5, 5.41) is 9.04. The van der Waals surface area contributed by atoms with Crippen LogP contribution in [0.4, 0.5) is 18.9 Å². The fourth-order valence-corrected chi connectivity index (χ4v) is 4.82. The summed E-state index contributed by atoms with van der Waals surface area (Å²) in [5.74, 6) is -0.0788. The van der Waals surface area contributed by atoms with Gasteiger partial charge in [0.15, 0.2) is 0 Å². The van der Waals surface area contributed by atoms with Crippen molar-refractivity contribution in [2.75, 3.05) is 44.8 Å². The molecule has 0 radical (unpaired) electrons. The van der Waals surface area contributed by atoms with E-state index in [1.165, 1.54) is 18.6 Å². The lowest BCUT2D eigenvalue weighted by atomic mass is 9.73. The van der Waals surface area contributed by atoms with Crippen molar-refractivity contribution >= 4 is 11.6 Å². The van der Waals surface area contributed by atoms with Gasteiger partial charge in [-0.2, -0.15) is 18.4 Å². The third-order valence-corrected chi connectivity index (χ3v) is 6.41. The second kappa shape index (κ2) is 7.93. The van der Waals surface area contributed by atoms with Crippen molar-refractivity contribution < 1.29 is 27.1 Å². The maximum absolute atomic E-state index is 13.4. The highest BCUT2D eigenvalue weighted by atomic mass is 19.4. The van der Waals surface area contributed by atoms with E-state index in [9.17, 15) is 18.0 Å². The molecule has 0 saturated carbocycles. The average Bonchev–Trinajstić information content (AvgIpc) is 3.40. The summed E-state index contributed by atoms with van der Waals surface area (Å²) in [6, 6.07) is 7.06. The van der Waals surface area contributed by atoms with Crippen LogP contribution in [0, 0.1) is 22.7 Å². The number of rotatable bonds is 4. The molecule has 3 heterocycles. The molecular formula is C22H22F3N3O3. The van der Waals surface area contributed by atoms with Gasteiger partial charge in [0.05, 0.1) is 35.6 Å². The molecule has 2 fully saturated rings. The number of ether oxygens (including phenoxy) is 1. The van der Waals surface area contributed by atoms with Crippen LogP contribution in [0.15, 0.2) is 41.2 Å². The largest absolute Gasteiger partial charge is 0.472 e. The molecule has 2 unspecified atom stereocenters. The van der Waals surface area contributed by atoms with Crippen molar-refractivity contribution in [2.24, 2.45) is 11.3 Å². The minimum absolute atomic E-state index is 0.0435. The number of hydrogen-bond acceptors (Lipinski definition) is 5. The smallest absolute Gasteiger partial charge is 0.417 e. The van der Waals surface area contributed by atoms with E-state index in [0.717, 1.165) is 6.07 Å². The molecule has 2 aliphatic heterocycles. The number of anilines is 1. The van der Waals surface area contributed by atoms with Gasteiger partial charge in [-0.1, -0.05) is 0 Å². The van der Waals surface area contributed by atoms with Crippen molar-refractivity contribution in [1.82, 2.24) is 4.90 Å². The fourth-order valence-electron chi connectivity index (χ4n) is 4.82. The lowest BCUT2D eigenvalue weighted by Gasteiger charge is -2.44. The SMILES string of the molecule is COCC12CCN(c3ccc(C#N)c(C(F)(F)F)c3)CC1CN(C(=O)c1ccoc1)C2. The molecule has 0 aliphatic carbocycles. The Morgan fingerprint density at radius 1 is 1.35 bits per heavy atom. The van der Waals surface area contributed by atoms with Crippen LogP contribution < -0.4 is 4.90 Å². The van der Waals surface area contributed by atoms with Crippen molar-refractivity contribution in [1.29, 1.82) is 5.26 Å². The zero-order valence-corrected chi connectivity index (χ0v) is 17.0. The Morgan fingerprint density at radius 2 is 2.16 bits per heavy atom. The molecule has 0 bridgehead atoms. The Bertz CT molecular complexity index is 1000. The van der Waals surface area contributed by atoms with Gasteiger partial charge >= 0.3 is 6.18 Å². The first-order valence-corrected chi connectivity index (χ1v) is 9.94. The molecule has 0 N–H and O–H groups in total. The van der Waals surface area contributed by atoms with Crippen LogP contribution in [0.25, 0.3) is 0 Å². The van der Waals surface area contributed by atoms with Crippen LogP contribution in [0.1, 0.15) is 27.9 Å². The highest BCUT2D eigenvalue weighted by molar-refractivity contribution is 5.94. The fraction of sp³-hybridized carbons (Fsp3) is 0.455. The topological polar surface area (TPSA) is 69.7 Å². The molecule has 1 amide bonds. The molecule has 2 aromatic rings. The van der Waals surface area contributed by atoms with Gasteiger partial charge in [0.25, 0.3) is 5.91 Å². The number of hydrogen-bond donors (Lipinski definition) is 0. The summed E-state index contributed by atoms with van der Waals surface area (Å²) in [7, 11) is 1.62. The summed E-state index contributed by atoms with van der Waals surface area (Å²) in [6.07, 6.45) is -1.05. The van der Waals surface area contributed by atoms with Gasteiger partial charge in [-0.3, -0.25) is 4.79 Å². The van der Waals surface area contributed by atoms with E-state index in [1.807, 2.05) is 4.90 Å². The van der Waals surface area contributed by atoms with Crippen LogP contribution in [-0.4, -0.2) is 50.7 Å². The molecular weight excluding hydrogens is 411 g/mol. The maximum Gasteiger partial charge on any atom is 0.417 e.